The van der Waals surface area contributed by atoms with E-state index in [-0.39, 0.29) is 12.5 Å². The number of ether oxygens (including phenoxy) is 1. The molecule has 3 N–H and O–H groups in total. The van der Waals surface area contributed by atoms with Crippen LogP contribution in [0.2, 0.25) is 0 Å². The highest BCUT2D eigenvalue weighted by atomic mass is 16.7. The maximum Gasteiger partial charge on any atom is 0.407 e. The topological polar surface area (TPSA) is 114 Å². The van der Waals surface area contributed by atoms with E-state index in [0.29, 0.717) is 18.5 Å². The molecule has 1 aliphatic carbocycles. The summed E-state index contributed by atoms with van der Waals surface area (Å²) in [4.78, 5) is 39.1. The van der Waals surface area contributed by atoms with Gasteiger partial charge >= 0.3 is 12.1 Å². The van der Waals surface area contributed by atoms with Crippen LogP contribution in [-0.4, -0.2) is 42.8 Å². The minimum Gasteiger partial charge on any atom is -0.479 e. The van der Waals surface area contributed by atoms with Gasteiger partial charge in [-0.1, -0.05) is 60.7 Å². The van der Waals surface area contributed by atoms with Crippen LogP contribution in [0.3, 0.4) is 0 Å². The Bertz CT molecular complexity index is 1150. The van der Waals surface area contributed by atoms with Gasteiger partial charge in [0, 0.05) is 18.0 Å². The zero-order valence-corrected chi connectivity index (χ0v) is 18.3. The highest BCUT2D eigenvalue weighted by molar-refractivity contribution is 5.93. The van der Waals surface area contributed by atoms with Gasteiger partial charge in [-0.05, 0) is 46.4 Å². The number of benzene rings is 3. The molecule has 0 aromatic heterocycles. The van der Waals surface area contributed by atoms with Crippen molar-refractivity contribution in [3.05, 3.63) is 95.1 Å². The number of aliphatic carboxylic acids is 1. The van der Waals surface area contributed by atoms with Crippen molar-refractivity contribution in [1.29, 1.82) is 0 Å². The highest BCUT2D eigenvalue weighted by Gasteiger charge is 2.28. The molecule has 0 saturated heterocycles. The number of hydrogen-bond acceptors (Lipinski definition) is 5. The lowest BCUT2D eigenvalue weighted by molar-refractivity contribution is -0.144. The zero-order valence-electron chi connectivity index (χ0n) is 18.3. The fraction of sp³-hybridized carbons (Fsp3) is 0.192. The number of carboxylic acid groups (broad SMARTS) is 1. The summed E-state index contributed by atoms with van der Waals surface area (Å²) in [7, 11) is 0. The van der Waals surface area contributed by atoms with Gasteiger partial charge in [0.05, 0.1) is 0 Å². The second kappa shape index (κ2) is 10.6. The second-order valence-electron chi connectivity index (χ2n) is 7.81. The smallest absolute Gasteiger partial charge is 0.407 e. The van der Waals surface area contributed by atoms with Gasteiger partial charge in [0.15, 0.2) is 6.61 Å². The summed E-state index contributed by atoms with van der Waals surface area (Å²) in [6, 6.07) is 23.0. The molecule has 8 heteroatoms. The molecule has 0 bridgehead atoms. The van der Waals surface area contributed by atoms with Crippen molar-refractivity contribution in [1.82, 2.24) is 10.8 Å². The van der Waals surface area contributed by atoms with Gasteiger partial charge in [0.25, 0.3) is 5.91 Å². The maximum absolute atomic E-state index is 12.3. The molecule has 0 atom stereocenters. The average Bonchev–Trinajstić information content (AvgIpc) is 3.16. The van der Waals surface area contributed by atoms with Crippen molar-refractivity contribution >= 4 is 18.0 Å². The van der Waals surface area contributed by atoms with Crippen molar-refractivity contribution in [3.63, 3.8) is 0 Å². The van der Waals surface area contributed by atoms with E-state index in [1.807, 2.05) is 24.3 Å². The molecule has 0 saturated carbocycles. The van der Waals surface area contributed by atoms with Crippen molar-refractivity contribution in [2.45, 2.75) is 12.3 Å². The first kappa shape index (κ1) is 23.0. The lowest BCUT2D eigenvalue weighted by Gasteiger charge is -2.14. The zero-order chi connectivity index (χ0) is 23.9. The van der Waals surface area contributed by atoms with Gasteiger partial charge in [-0.15, -0.1) is 0 Å². The van der Waals surface area contributed by atoms with E-state index in [0.717, 1.165) is 16.7 Å². The van der Waals surface area contributed by atoms with Crippen molar-refractivity contribution in [3.8, 4) is 11.1 Å². The standard InChI is InChI=1S/C26H24N2O6/c29-24(30)16-34-28-25(31)18-11-9-17(10-12-18)13-14-27-26(32)33-15-23-21-7-3-1-5-19(21)20-6-2-4-8-22(20)23/h1-12,23H,13-16H2,(H,27,32)(H,28,31)(H,29,30). The number of carbonyl (C=O) groups excluding carboxylic acids is 2. The Balaban J connectivity index is 1.23. The van der Waals surface area contributed by atoms with E-state index < -0.39 is 24.6 Å². The van der Waals surface area contributed by atoms with Gasteiger partial charge in [-0.2, -0.15) is 0 Å². The number of fused-ring (bicyclic) bond motifs is 3. The number of hydroxylamine groups is 1. The summed E-state index contributed by atoms with van der Waals surface area (Å²) < 4.78 is 5.52. The lowest BCUT2D eigenvalue weighted by Crippen LogP contribution is -2.28. The summed E-state index contributed by atoms with van der Waals surface area (Å²) >= 11 is 0. The van der Waals surface area contributed by atoms with Crippen LogP contribution in [0.15, 0.2) is 72.8 Å². The summed E-state index contributed by atoms with van der Waals surface area (Å²) in [5, 5.41) is 11.3. The molecular formula is C26H24N2O6. The van der Waals surface area contributed by atoms with Gasteiger partial charge in [0.1, 0.15) is 6.61 Å². The Morgan fingerprint density at radius 2 is 1.47 bits per heavy atom. The molecule has 0 fully saturated rings. The minimum absolute atomic E-state index is 0.0105. The number of alkyl carbamates (subject to hydrolysis) is 1. The highest BCUT2D eigenvalue weighted by Crippen LogP contribution is 2.44. The van der Waals surface area contributed by atoms with Crippen molar-refractivity contribution in [2.75, 3.05) is 19.8 Å². The SMILES string of the molecule is O=C(O)CONC(=O)c1ccc(CCNC(=O)OCC2c3ccccc3-c3ccccc32)cc1. The third-order valence-corrected chi connectivity index (χ3v) is 5.60. The molecule has 0 unspecified atom stereocenters. The van der Waals surface area contributed by atoms with Gasteiger partial charge < -0.3 is 15.2 Å². The second-order valence-corrected chi connectivity index (χ2v) is 7.81. The summed E-state index contributed by atoms with van der Waals surface area (Å²) in [5.41, 5.74) is 7.99. The fourth-order valence-corrected chi connectivity index (χ4v) is 4.00. The summed E-state index contributed by atoms with van der Waals surface area (Å²) in [6.45, 7) is 0.0168. The molecule has 34 heavy (non-hydrogen) atoms. The first-order valence-electron chi connectivity index (χ1n) is 10.8. The normalized spacial score (nSPS) is 11.9. The Labute approximate surface area is 196 Å². The van der Waals surface area contributed by atoms with Crippen LogP contribution in [0.1, 0.15) is 33.0 Å². The lowest BCUT2D eigenvalue weighted by atomic mass is 9.98. The number of carbonyl (C=O) groups is 3. The largest absolute Gasteiger partial charge is 0.479 e. The number of hydrogen-bond donors (Lipinski definition) is 3. The van der Waals surface area contributed by atoms with Crippen LogP contribution < -0.4 is 10.8 Å². The van der Waals surface area contributed by atoms with Crippen LogP contribution >= 0.6 is 0 Å². The quantitative estimate of drug-likeness (QED) is 0.421. The number of carboxylic acids is 1. The summed E-state index contributed by atoms with van der Waals surface area (Å²) in [6.07, 6.45) is 0.0789. The predicted molar refractivity (Wildman–Crippen MR) is 124 cm³/mol. The van der Waals surface area contributed by atoms with Crippen molar-refractivity contribution < 1.29 is 29.1 Å². The number of amides is 2. The molecule has 2 amide bonds. The third kappa shape index (κ3) is 5.41. The van der Waals surface area contributed by atoms with E-state index >= 15 is 0 Å². The molecule has 0 spiro atoms. The van der Waals surface area contributed by atoms with Crippen LogP contribution in [-0.2, 0) is 20.8 Å². The Morgan fingerprint density at radius 3 is 2.09 bits per heavy atom. The van der Waals surface area contributed by atoms with E-state index in [1.54, 1.807) is 24.3 Å². The molecule has 8 nitrogen and oxygen atoms in total. The molecule has 0 aliphatic heterocycles. The van der Waals surface area contributed by atoms with Crippen LogP contribution in [0.5, 0.6) is 0 Å². The van der Waals surface area contributed by atoms with Crippen molar-refractivity contribution in [2.24, 2.45) is 0 Å². The van der Waals surface area contributed by atoms with Crippen LogP contribution in [0.4, 0.5) is 4.79 Å². The third-order valence-electron chi connectivity index (χ3n) is 5.60. The molecule has 174 valence electrons. The van der Waals surface area contributed by atoms with Crippen LogP contribution in [0.25, 0.3) is 11.1 Å². The maximum atomic E-state index is 12.3. The molecule has 0 radical (unpaired) electrons. The number of rotatable bonds is 9. The Kier molecular flexibility index (Phi) is 7.19. The van der Waals surface area contributed by atoms with Gasteiger partial charge in [-0.3, -0.25) is 9.63 Å². The fourth-order valence-electron chi connectivity index (χ4n) is 4.00. The monoisotopic (exact) mass is 460 g/mol. The molecule has 1 aliphatic rings. The molecule has 3 aromatic rings. The summed E-state index contributed by atoms with van der Waals surface area (Å²) in [5.74, 6) is -1.71. The molecule has 4 rings (SSSR count). The number of nitrogens with one attached hydrogen (secondary N) is 2. The van der Waals surface area contributed by atoms with E-state index in [1.165, 1.54) is 11.1 Å². The first-order chi connectivity index (χ1) is 16.5. The average molecular weight is 460 g/mol. The van der Waals surface area contributed by atoms with E-state index in [4.69, 9.17) is 9.84 Å². The van der Waals surface area contributed by atoms with E-state index in [2.05, 4.69) is 39.9 Å². The minimum atomic E-state index is -1.18. The molecule has 3 aromatic carbocycles. The Hall–Kier alpha value is -4.17. The predicted octanol–water partition coefficient (Wildman–Crippen LogP) is 3.51. The molecular weight excluding hydrogens is 436 g/mol. The van der Waals surface area contributed by atoms with E-state index in [9.17, 15) is 14.4 Å². The first-order valence-corrected chi connectivity index (χ1v) is 10.8. The Morgan fingerprint density at radius 1 is 0.853 bits per heavy atom. The van der Waals surface area contributed by atoms with Crippen LogP contribution in [0, 0.1) is 0 Å². The van der Waals surface area contributed by atoms with Gasteiger partial charge in [-0.25, -0.2) is 15.1 Å². The molecule has 0 heterocycles. The van der Waals surface area contributed by atoms with Gasteiger partial charge in [0.2, 0.25) is 0 Å².